The highest BCUT2D eigenvalue weighted by atomic mass is 32.2. The lowest BCUT2D eigenvalue weighted by atomic mass is 10.3. The molecule has 14 heavy (non-hydrogen) atoms. The number of anilines is 1. The molecular weight excluding hydrogens is 202 g/mol. The number of nitrogens with two attached hydrogens (primary N) is 1. The van der Waals surface area contributed by atoms with E-state index in [1.165, 1.54) is 22.8 Å². The second-order valence-electron chi connectivity index (χ2n) is 3.21. The van der Waals surface area contributed by atoms with Crippen LogP contribution in [0.2, 0.25) is 0 Å². The minimum atomic E-state index is -3.33. The van der Waals surface area contributed by atoms with Crippen molar-refractivity contribution in [2.24, 2.45) is 0 Å². The van der Waals surface area contributed by atoms with Gasteiger partial charge in [-0.2, -0.15) is 4.31 Å². The molecule has 1 aromatic rings. The topological polar surface area (TPSA) is 76.3 Å². The Bertz CT molecular complexity index is 440. The van der Waals surface area contributed by atoms with Crippen LogP contribution in [0.1, 0.15) is 6.42 Å². The first-order valence-corrected chi connectivity index (χ1v) is 5.75. The Hall–Kier alpha value is -1.14. The minimum Gasteiger partial charge on any atom is -0.397 e. The Morgan fingerprint density at radius 3 is 2.57 bits per heavy atom. The summed E-state index contributed by atoms with van der Waals surface area (Å²) in [5, 5.41) is 0. The lowest BCUT2D eigenvalue weighted by Crippen LogP contribution is -2.41. The van der Waals surface area contributed by atoms with Gasteiger partial charge in [-0.05, 0) is 12.5 Å². The molecule has 1 saturated heterocycles. The fourth-order valence-electron chi connectivity index (χ4n) is 1.25. The van der Waals surface area contributed by atoms with Crippen LogP contribution in [0, 0.1) is 0 Å². The van der Waals surface area contributed by atoms with Crippen LogP contribution in [0.25, 0.3) is 0 Å². The van der Waals surface area contributed by atoms with Gasteiger partial charge >= 0.3 is 0 Å². The van der Waals surface area contributed by atoms with Crippen LogP contribution in [0.4, 0.5) is 5.69 Å². The molecule has 2 N–H and O–H groups in total. The fraction of sp³-hybridized carbons (Fsp3) is 0.375. The second kappa shape index (κ2) is 3.21. The van der Waals surface area contributed by atoms with Crippen molar-refractivity contribution in [1.29, 1.82) is 0 Å². The summed E-state index contributed by atoms with van der Waals surface area (Å²) in [4.78, 5) is 3.94. The van der Waals surface area contributed by atoms with Crippen LogP contribution >= 0.6 is 0 Å². The van der Waals surface area contributed by atoms with E-state index in [1.54, 1.807) is 0 Å². The predicted molar refractivity (Wildman–Crippen MR) is 52.0 cm³/mol. The maximum atomic E-state index is 11.8. The van der Waals surface area contributed by atoms with E-state index >= 15 is 0 Å². The van der Waals surface area contributed by atoms with Crippen molar-refractivity contribution in [3.8, 4) is 0 Å². The van der Waals surface area contributed by atoms with Crippen molar-refractivity contribution in [2.75, 3.05) is 18.8 Å². The molecule has 0 unspecified atom stereocenters. The monoisotopic (exact) mass is 213 g/mol. The molecule has 6 heteroatoms. The van der Waals surface area contributed by atoms with Gasteiger partial charge < -0.3 is 5.73 Å². The van der Waals surface area contributed by atoms with Gasteiger partial charge in [-0.3, -0.25) is 4.98 Å². The van der Waals surface area contributed by atoms with Gasteiger partial charge in [0.15, 0.2) is 0 Å². The quantitative estimate of drug-likeness (QED) is 0.753. The number of aromatic nitrogens is 1. The fourth-order valence-corrected chi connectivity index (χ4v) is 2.77. The van der Waals surface area contributed by atoms with E-state index in [0.29, 0.717) is 18.8 Å². The predicted octanol–water partition coefficient (Wildman–Crippen LogP) is 0.0582. The number of hydrogen-bond donors (Lipinski definition) is 1. The number of sulfonamides is 1. The van der Waals surface area contributed by atoms with Crippen molar-refractivity contribution < 1.29 is 8.42 Å². The zero-order valence-electron chi connectivity index (χ0n) is 7.55. The average Bonchev–Trinajstić information content (AvgIpc) is 2.00. The Morgan fingerprint density at radius 1 is 1.36 bits per heavy atom. The van der Waals surface area contributed by atoms with Gasteiger partial charge in [-0.25, -0.2) is 8.42 Å². The van der Waals surface area contributed by atoms with Crippen LogP contribution in [0.15, 0.2) is 23.4 Å². The first kappa shape index (κ1) is 9.42. The van der Waals surface area contributed by atoms with E-state index in [4.69, 9.17) is 5.73 Å². The normalized spacial score (nSPS) is 17.7. The summed E-state index contributed by atoms with van der Waals surface area (Å²) in [7, 11) is -3.33. The van der Waals surface area contributed by atoms with Crippen molar-refractivity contribution in [3.63, 3.8) is 0 Å². The standard InChI is InChI=1S/C8H11N3O2S/c9-7-4-8(6-10-5-7)14(12,13)11-2-1-3-11/h4-6H,1-3,9H2. The molecule has 0 atom stereocenters. The highest BCUT2D eigenvalue weighted by Crippen LogP contribution is 2.21. The summed E-state index contributed by atoms with van der Waals surface area (Å²) in [6, 6.07) is 1.43. The summed E-state index contributed by atoms with van der Waals surface area (Å²) in [6.07, 6.45) is 3.67. The third-order valence-electron chi connectivity index (χ3n) is 2.19. The Balaban J connectivity index is 2.38. The SMILES string of the molecule is Nc1cncc(S(=O)(=O)N2CCC2)c1. The zero-order valence-corrected chi connectivity index (χ0v) is 8.37. The molecule has 2 rings (SSSR count). The van der Waals surface area contributed by atoms with Gasteiger partial charge in [0, 0.05) is 25.5 Å². The molecule has 76 valence electrons. The van der Waals surface area contributed by atoms with Gasteiger partial charge in [0.2, 0.25) is 10.0 Å². The molecule has 1 fully saturated rings. The third kappa shape index (κ3) is 1.46. The largest absolute Gasteiger partial charge is 0.397 e. The molecule has 0 aliphatic carbocycles. The van der Waals surface area contributed by atoms with E-state index in [1.807, 2.05) is 0 Å². The molecule has 0 spiro atoms. The van der Waals surface area contributed by atoms with Crippen molar-refractivity contribution in [1.82, 2.24) is 9.29 Å². The summed E-state index contributed by atoms with van der Waals surface area (Å²) in [6.45, 7) is 1.19. The summed E-state index contributed by atoms with van der Waals surface area (Å²) < 4.78 is 25.0. The summed E-state index contributed by atoms with van der Waals surface area (Å²) >= 11 is 0. The molecule has 0 radical (unpaired) electrons. The summed E-state index contributed by atoms with van der Waals surface area (Å²) in [5.74, 6) is 0. The lowest BCUT2D eigenvalue weighted by Gasteiger charge is -2.29. The van der Waals surface area contributed by atoms with Gasteiger partial charge in [0.05, 0.1) is 5.69 Å². The van der Waals surface area contributed by atoms with E-state index in [0.717, 1.165) is 6.42 Å². The molecular formula is C8H11N3O2S. The third-order valence-corrected chi connectivity index (χ3v) is 4.05. The maximum absolute atomic E-state index is 11.8. The Labute approximate surface area is 82.6 Å². The van der Waals surface area contributed by atoms with Gasteiger partial charge in [0.1, 0.15) is 4.90 Å². The molecule has 0 saturated carbocycles. The molecule has 1 aliphatic heterocycles. The highest BCUT2D eigenvalue weighted by Gasteiger charge is 2.29. The number of hydrogen-bond acceptors (Lipinski definition) is 4. The lowest BCUT2D eigenvalue weighted by molar-refractivity contribution is 0.309. The number of nitrogen functional groups attached to an aromatic ring is 1. The molecule has 0 bridgehead atoms. The number of rotatable bonds is 2. The van der Waals surface area contributed by atoms with Crippen LogP contribution in [-0.2, 0) is 10.0 Å². The average molecular weight is 213 g/mol. The molecule has 1 aliphatic rings. The molecule has 0 aromatic carbocycles. The van der Waals surface area contributed by atoms with Crippen molar-refractivity contribution in [2.45, 2.75) is 11.3 Å². The Kier molecular flexibility index (Phi) is 2.16. The summed E-state index contributed by atoms with van der Waals surface area (Å²) in [5.41, 5.74) is 5.84. The van der Waals surface area contributed by atoms with Gasteiger partial charge in [-0.15, -0.1) is 0 Å². The Morgan fingerprint density at radius 2 is 2.07 bits per heavy atom. The molecule has 0 amide bonds. The smallest absolute Gasteiger partial charge is 0.244 e. The number of pyridine rings is 1. The van der Waals surface area contributed by atoms with Gasteiger partial charge in [-0.1, -0.05) is 0 Å². The second-order valence-corrected chi connectivity index (χ2v) is 5.15. The molecule has 5 nitrogen and oxygen atoms in total. The number of nitrogens with zero attached hydrogens (tertiary/aromatic N) is 2. The molecule has 2 heterocycles. The van der Waals surface area contributed by atoms with Crippen molar-refractivity contribution in [3.05, 3.63) is 18.5 Å². The van der Waals surface area contributed by atoms with E-state index in [2.05, 4.69) is 4.98 Å². The van der Waals surface area contributed by atoms with E-state index in [-0.39, 0.29) is 4.90 Å². The highest BCUT2D eigenvalue weighted by molar-refractivity contribution is 7.89. The van der Waals surface area contributed by atoms with E-state index in [9.17, 15) is 8.42 Å². The van der Waals surface area contributed by atoms with Crippen LogP contribution in [-0.4, -0.2) is 30.8 Å². The first-order chi connectivity index (χ1) is 6.60. The molecule has 1 aromatic heterocycles. The van der Waals surface area contributed by atoms with Crippen LogP contribution in [0.3, 0.4) is 0 Å². The van der Waals surface area contributed by atoms with Crippen LogP contribution in [0.5, 0.6) is 0 Å². The maximum Gasteiger partial charge on any atom is 0.244 e. The zero-order chi connectivity index (χ0) is 10.2. The van der Waals surface area contributed by atoms with Crippen LogP contribution < -0.4 is 5.73 Å². The minimum absolute atomic E-state index is 0.178. The van der Waals surface area contributed by atoms with Crippen molar-refractivity contribution >= 4 is 15.7 Å². The van der Waals surface area contributed by atoms with Gasteiger partial charge in [0.25, 0.3) is 0 Å². The van der Waals surface area contributed by atoms with E-state index < -0.39 is 10.0 Å². The first-order valence-electron chi connectivity index (χ1n) is 4.31.